The molecule has 0 aromatic heterocycles. The molecule has 0 rings (SSSR count). The van der Waals surface area contributed by atoms with Gasteiger partial charge in [-0.3, -0.25) is 14.1 Å². The molecule has 0 spiro atoms. The molecule has 0 bridgehead atoms. The number of carboxylic acids is 1. The molecule has 0 aromatic carbocycles. The van der Waals surface area contributed by atoms with Crippen LogP contribution in [0.25, 0.3) is 0 Å². The lowest BCUT2D eigenvalue weighted by Crippen LogP contribution is -2.43. The van der Waals surface area contributed by atoms with Crippen LogP contribution in [0.1, 0.15) is 19.8 Å². The Morgan fingerprint density at radius 1 is 1.22 bits per heavy atom. The minimum absolute atomic E-state index is 0.0281. The average Bonchev–Trinajstić information content (AvgIpc) is 2.15. The number of esters is 1. The van der Waals surface area contributed by atoms with E-state index < -0.39 is 47.7 Å². The number of rotatable bonds is 7. The van der Waals surface area contributed by atoms with Crippen molar-refractivity contribution in [2.45, 2.75) is 25.4 Å². The average molecular weight is 284 g/mol. The van der Waals surface area contributed by atoms with Crippen LogP contribution in [0.5, 0.6) is 0 Å². The van der Waals surface area contributed by atoms with E-state index in [0.717, 1.165) is 0 Å². The van der Waals surface area contributed by atoms with Gasteiger partial charge in [0.1, 0.15) is 0 Å². The van der Waals surface area contributed by atoms with Crippen molar-refractivity contribution in [1.29, 1.82) is 0 Å². The first-order valence-electron chi connectivity index (χ1n) is 4.64. The van der Waals surface area contributed by atoms with Crippen molar-refractivity contribution in [3.63, 3.8) is 0 Å². The fraction of sp³-hybridized carbons (Fsp3) is 0.625. The predicted molar refractivity (Wildman–Crippen MR) is 55.3 cm³/mol. The second-order valence-electron chi connectivity index (χ2n) is 3.17. The van der Waals surface area contributed by atoms with E-state index in [1.54, 1.807) is 0 Å². The first kappa shape index (κ1) is 16.5. The maximum absolute atomic E-state index is 11.1. The third-order valence-electron chi connectivity index (χ3n) is 1.74. The van der Waals surface area contributed by atoms with Crippen LogP contribution >= 0.6 is 0 Å². The van der Waals surface area contributed by atoms with Crippen molar-refractivity contribution in [2.75, 3.05) is 6.61 Å². The quantitative estimate of drug-likeness (QED) is 0.388. The fourth-order valence-corrected chi connectivity index (χ4v) is 1.23. The van der Waals surface area contributed by atoms with Crippen molar-refractivity contribution < 1.29 is 42.3 Å². The number of carbonyl (C=O) groups excluding carboxylic acids is 2. The smallest absolute Gasteiger partial charge is 0.360 e. The molecule has 0 saturated carbocycles. The van der Waals surface area contributed by atoms with Crippen LogP contribution < -0.4 is 0 Å². The summed E-state index contributed by atoms with van der Waals surface area (Å²) in [5.41, 5.74) is -2.75. The highest BCUT2D eigenvalue weighted by Crippen LogP contribution is 2.18. The summed E-state index contributed by atoms with van der Waals surface area (Å²) in [6, 6.07) is 0. The largest absolute Gasteiger partial charge is 0.479 e. The molecule has 0 aliphatic carbocycles. The molecule has 2 atom stereocenters. The van der Waals surface area contributed by atoms with E-state index in [4.69, 9.17) is 9.66 Å². The highest BCUT2D eigenvalue weighted by atomic mass is 32.2. The second-order valence-corrected chi connectivity index (χ2v) is 3.77. The zero-order valence-corrected chi connectivity index (χ0v) is 10.1. The molecule has 0 heterocycles. The predicted octanol–water partition coefficient (Wildman–Crippen LogP) is -1.17. The number of carbonyl (C=O) groups is 3. The topological polar surface area (TPSA) is 147 Å². The molecule has 10 heteroatoms. The van der Waals surface area contributed by atoms with Gasteiger partial charge in [-0.15, -0.1) is 0 Å². The molecule has 3 N–H and O–H groups in total. The van der Waals surface area contributed by atoms with Gasteiger partial charge < -0.3 is 19.1 Å². The van der Waals surface area contributed by atoms with Crippen molar-refractivity contribution in [3.05, 3.63) is 0 Å². The molecule has 2 unspecified atom stereocenters. The van der Waals surface area contributed by atoms with E-state index in [1.165, 1.54) is 6.92 Å². The third-order valence-corrected chi connectivity index (χ3v) is 2.07. The van der Waals surface area contributed by atoms with Crippen LogP contribution in [0, 0.1) is 0 Å². The minimum Gasteiger partial charge on any atom is -0.479 e. The van der Waals surface area contributed by atoms with E-state index in [9.17, 15) is 23.7 Å². The minimum atomic E-state index is -2.93. The summed E-state index contributed by atoms with van der Waals surface area (Å²) in [5.74, 6) is -4.32. The van der Waals surface area contributed by atoms with E-state index in [1.807, 2.05) is 0 Å². The van der Waals surface area contributed by atoms with Crippen LogP contribution in [0.15, 0.2) is 0 Å². The second kappa shape index (κ2) is 7.03. The highest BCUT2D eigenvalue weighted by molar-refractivity contribution is 7.74. The molecule has 0 amide bonds. The summed E-state index contributed by atoms with van der Waals surface area (Å²) in [5, 5.41) is 18.3. The Labute approximate surface area is 104 Å². The zero-order chi connectivity index (χ0) is 14.3. The van der Waals surface area contributed by atoms with Gasteiger partial charge in [0.05, 0.1) is 19.4 Å². The normalized spacial score (nSPS) is 15.3. The molecule has 0 fully saturated rings. The fourth-order valence-electron chi connectivity index (χ4n) is 1.01. The van der Waals surface area contributed by atoms with Gasteiger partial charge in [0.25, 0.3) is 0 Å². The number of hydrogen-bond acceptors (Lipinski definition) is 7. The number of carboxylic acid groups (broad SMARTS) is 1. The van der Waals surface area contributed by atoms with Gasteiger partial charge >= 0.3 is 29.3 Å². The van der Waals surface area contributed by atoms with Gasteiger partial charge in [0.2, 0.25) is 0 Å². The summed E-state index contributed by atoms with van der Waals surface area (Å²) < 4.78 is 26.5. The van der Waals surface area contributed by atoms with Crippen LogP contribution in [0.2, 0.25) is 0 Å². The lowest BCUT2D eigenvalue weighted by atomic mass is 9.96. The molecule has 0 aliphatic heterocycles. The Balaban J connectivity index is 4.72. The number of aliphatic carboxylic acids is 1. The van der Waals surface area contributed by atoms with Gasteiger partial charge in [-0.1, -0.05) is 0 Å². The lowest BCUT2D eigenvalue weighted by molar-refractivity contribution is -0.171. The van der Waals surface area contributed by atoms with Crippen molar-refractivity contribution in [1.82, 2.24) is 0 Å². The Morgan fingerprint density at radius 3 is 2.11 bits per heavy atom. The summed E-state index contributed by atoms with van der Waals surface area (Å²) in [6.07, 6.45) is -2.14. The van der Waals surface area contributed by atoms with E-state index in [2.05, 4.69) is 8.92 Å². The van der Waals surface area contributed by atoms with Gasteiger partial charge in [-0.25, -0.2) is 4.79 Å². The zero-order valence-electron chi connectivity index (χ0n) is 9.32. The van der Waals surface area contributed by atoms with Crippen LogP contribution in [-0.4, -0.2) is 49.1 Å². The lowest BCUT2D eigenvalue weighted by Gasteiger charge is -2.20. The third kappa shape index (κ3) is 5.70. The number of aliphatic hydroxyl groups is 1. The first-order valence-corrected chi connectivity index (χ1v) is 5.68. The monoisotopic (exact) mass is 284 g/mol. The maximum atomic E-state index is 11.1. The Morgan fingerprint density at radius 2 is 1.72 bits per heavy atom. The molecule has 0 aliphatic rings. The SMILES string of the molecule is CCOC(=O)CC(O)(CC(=O)OS(=O)O)C(=O)O. The van der Waals surface area contributed by atoms with Gasteiger partial charge in [-0.05, 0) is 6.92 Å². The van der Waals surface area contributed by atoms with Crippen molar-refractivity contribution >= 4 is 29.3 Å². The molecule has 104 valence electrons. The molecule has 0 saturated heterocycles. The van der Waals surface area contributed by atoms with Crippen LogP contribution in [0.3, 0.4) is 0 Å². The number of hydrogen-bond donors (Lipinski definition) is 3. The molecular weight excluding hydrogens is 272 g/mol. The maximum Gasteiger partial charge on any atom is 0.360 e. The van der Waals surface area contributed by atoms with Crippen LogP contribution in [0.4, 0.5) is 0 Å². The molecule has 0 radical (unpaired) electrons. The van der Waals surface area contributed by atoms with Gasteiger partial charge in [0, 0.05) is 0 Å². The Bertz CT molecular complexity index is 366. The standard InChI is InChI=1S/C8H12O9S/c1-2-16-5(9)3-8(13,7(11)12)4-6(10)17-18(14)15/h13H,2-4H2,1H3,(H,11,12)(H,14,15). The van der Waals surface area contributed by atoms with Gasteiger partial charge in [0.15, 0.2) is 5.60 Å². The number of ether oxygens (including phenoxy) is 1. The van der Waals surface area contributed by atoms with Crippen molar-refractivity contribution in [2.24, 2.45) is 0 Å². The molecular formula is C8H12O9S. The Hall–Kier alpha value is -1.52. The summed E-state index contributed by atoms with van der Waals surface area (Å²) in [6.45, 7) is 1.44. The van der Waals surface area contributed by atoms with E-state index >= 15 is 0 Å². The molecule has 9 nitrogen and oxygen atoms in total. The van der Waals surface area contributed by atoms with Crippen LogP contribution in [-0.2, 0) is 34.7 Å². The van der Waals surface area contributed by atoms with E-state index in [-0.39, 0.29) is 6.61 Å². The summed E-state index contributed by atoms with van der Waals surface area (Å²) in [4.78, 5) is 32.8. The van der Waals surface area contributed by atoms with Crippen molar-refractivity contribution in [3.8, 4) is 0 Å². The van der Waals surface area contributed by atoms with E-state index in [0.29, 0.717) is 0 Å². The molecule has 0 aromatic rings. The summed E-state index contributed by atoms with van der Waals surface area (Å²) >= 11 is -2.93. The Kier molecular flexibility index (Phi) is 6.44. The van der Waals surface area contributed by atoms with Gasteiger partial charge in [-0.2, -0.15) is 4.21 Å². The first-order chi connectivity index (χ1) is 8.21. The molecule has 18 heavy (non-hydrogen) atoms. The summed E-state index contributed by atoms with van der Waals surface area (Å²) in [7, 11) is 0. The highest BCUT2D eigenvalue weighted by Gasteiger charge is 2.42.